The molecule has 0 saturated carbocycles. The monoisotopic (exact) mass is 234 g/mol. The van der Waals surface area contributed by atoms with Gasteiger partial charge < -0.3 is 11.1 Å². The lowest BCUT2D eigenvalue weighted by atomic mass is 10.1. The third kappa shape index (κ3) is 4.47. The number of hydrogen-bond donors (Lipinski definition) is 2. The molecule has 1 aromatic rings. The van der Waals surface area contributed by atoms with Crippen molar-refractivity contribution in [3.63, 3.8) is 0 Å². The first-order chi connectivity index (χ1) is 8.15. The number of unbranched alkanes of at least 4 members (excludes halogenated alkanes) is 2. The second-order valence-corrected chi connectivity index (χ2v) is 4.41. The Morgan fingerprint density at radius 2 is 2.06 bits per heavy atom. The van der Waals surface area contributed by atoms with Crippen LogP contribution in [0.1, 0.15) is 38.2 Å². The van der Waals surface area contributed by atoms with Gasteiger partial charge in [-0.1, -0.05) is 44.4 Å². The van der Waals surface area contributed by atoms with Crippen molar-refractivity contribution in [3.05, 3.63) is 29.8 Å². The lowest BCUT2D eigenvalue weighted by molar-refractivity contribution is -0.118. The third-order valence-corrected chi connectivity index (χ3v) is 2.91. The van der Waals surface area contributed by atoms with E-state index in [2.05, 4.69) is 12.2 Å². The molecule has 94 valence electrons. The van der Waals surface area contributed by atoms with Gasteiger partial charge in [-0.3, -0.25) is 4.79 Å². The minimum absolute atomic E-state index is 0.261. The predicted octanol–water partition coefficient (Wildman–Crippen LogP) is 2.84. The van der Waals surface area contributed by atoms with Crippen molar-refractivity contribution in [2.75, 3.05) is 5.32 Å². The average molecular weight is 234 g/mol. The van der Waals surface area contributed by atoms with Crippen molar-refractivity contribution in [2.45, 2.75) is 45.6 Å². The number of para-hydroxylation sites is 1. The summed E-state index contributed by atoms with van der Waals surface area (Å²) < 4.78 is 0. The Kier molecular flexibility index (Phi) is 5.53. The third-order valence-electron chi connectivity index (χ3n) is 2.91. The van der Waals surface area contributed by atoms with E-state index in [1.807, 2.05) is 31.2 Å². The summed E-state index contributed by atoms with van der Waals surface area (Å²) in [6.45, 7) is 4.17. The van der Waals surface area contributed by atoms with Crippen LogP contribution in [0.15, 0.2) is 24.3 Å². The minimum atomic E-state index is -0.274. The number of amides is 1. The molecule has 0 bridgehead atoms. The molecule has 0 heterocycles. The Bertz CT molecular complexity index is 363. The molecule has 1 unspecified atom stereocenters. The maximum Gasteiger partial charge on any atom is 0.239 e. The molecule has 1 aromatic carbocycles. The van der Waals surface area contributed by atoms with E-state index in [1.54, 1.807) is 0 Å². The maximum absolute atomic E-state index is 11.4. The van der Waals surface area contributed by atoms with Gasteiger partial charge in [-0.2, -0.15) is 0 Å². The topological polar surface area (TPSA) is 55.1 Å². The average Bonchev–Trinajstić information content (AvgIpc) is 2.30. The Balaban J connectivity index is 2.61. The minimum Gasteiger partial charge on any atom is -0.373 e. The smallest absolute Gasteiger partial charge is 0.239 e. The van der Waals surface area contributed by atoms with Gasteiger partial charge in [0.1, 0.15) is 6.04 Å². The van der Waals surface area contributed by atoms with Gasteiger partial charge in [0.05, 0.1) is 0 Å². The Morgan fingerprint density at radius 1 is 1.35 bits per heavy atom. The molecule has 0 saturated heterocycles. The maximum atomic E-state index is 11.4. The van der Waals surface area contributed by atoms with Crippen LogP contribution in [0.5, 0.6) is 0 Å². The molecule has 0 aliphatic heterocycles. The SMILES string of the molecule is CCCCCC(Nc1ccccc1C)C(N)=O. The molecular formula is C14H22N2O. The molecule has 0 fully saturated rings. The van der Waals surface area contributed by atoms with Crippen LogP contribution in [0.3, 0.4) is 0 Å². The van der Waals surface area contributed by atoms with Crippen molar-refractivity contribution >= 4 is 11.6 Å². The van der Waals surface area contributed by atoms with Crippen LogP contribution in [-0.2, 0) is 4.79 Å². The number of nitrogens with one attached hydrogen (secondary N) is 1. The molecule has 0 aliphatic rings. The van der Waals surface area contributed by atoms with E-state index >= 15 is 0 Å². The fourth-order valence-electron chi connectivity index (χ4n) is 1.81. The van der Waals surface area contributed by atoms with Crippen molar-refractivity contribution < 1.29 is 4.79 Å². The van der Waals surface area contributed by atoms with E-state index in [1.165, 1.54) is 0 Å². The van der Waals surface area contributed by atoms with E-state index in [9.17, 15) is 4.79 Å². The van der Waals surface area contributed by atoms with Gasteiger partial charge >= 0.3 is 0 Å². The van der Waals surface area contributed by atoms with Crippen molar-refractivity contribution in [1.29, 1.82) is 0 Å². The molecule has 0 aromatic heterocycles. The Hall–Kier alpha value is -1.51. The quantitative estimate of drug-likeness (QED) is 0.713. The van der Waals surface area contributed by atoms with Crippen LogP contribution in [0.4, 0.5) is 5.69 Å². The van der Waals surface area contributed by atoms with E-state index in [4.69, 9.17) is 5.73 Å². The highest BCUT2D eigenvalue weighted by molar-refractivity contribution is 5.83. The molecule has 1 amide bonds. The highest BCUT2D eigenvalue weighted by Crippen LogP contribution is 2.16. The van der Waals surface area contributed by atoms with E-state index < -0.39 is 0 Å². The van der Waals surface area contributed by atoms with Gasteiger partial charge in [0, 0.05) is 5.69 Å². The van der Waals surface area contributed by atoms with Gasteiger partial charge in [0.25, 0.3) is 0 Å². The van der Waals surface area contributed by atoms with Crippen molar-refractivity contribution in [1.82, 2.24) is 0 Å². The molecule has 3 heteroatoms. The summed E-state index contributed by atoms with van der Waals surface area (Å²) in [4.78, 5) is 11.4. The van der Waals surface area contributed by atoms with Crippen LogP contribution in [0.2, 0.25) is 0 Å². The zero-order chi connectivity index (χ0) is 12.7. The Morgan fingerprint density at radius 3 is 2.65 bits per heavy atom. The Labute approximate surface area is 103 Å². The molecule has 17 heavy (non-hydrogen) atoms. The van der Waals surface area contributed by atoms with Gasteiger partial charge in [-0.05, 0) is 25.0 Å². The largest absolute Gasteiger partial charge is 0.373 e. The molecular weight excluding hydrogens is 212 g/mol. The standard InChI is InChI=1S/C14H22N2O/c1-3-4-5-10-13(14(15)17)16-12-9-7-6-8-11(12)2/h6-9,13,16H,3-5,10H2,1-2H3,(H2,15,17). The summed E-state index contributed by atoms with van der Waals surface area (Å²) in [5.74, 6) is -0.274. The summed E-state index contributed by atoms with van der Waals surface area (Å²) in [7, 11) is 0. The zero-order valence-corrected chi connectivity index (χ0v) is 10.7. The van der Waals surface area contributed by atoms with Gasteiger partial charge in [0.2, 0.25) is 5.91 Å². The summed E-state index contributed by atoms with van der Waals surface area (Å²) in [6, 6.07) is 7.68. The lowest BCUT2D eigenvalue weighted by Crippen LogP contribution is -2.35. The first-order valence-corrected chi connectivity index (χ1v) is 6.26. The second kappa shape index (κ2) is 6.94. The lowest BCUT2D eigenvalue weighted by Gasteiger charge is -2.18. The van der Waals surface area contributed by atoms with Crippen LogP contribution in [0.25, 0.3) is 0 Å². The number of carbonyl (C=O) groups excluding carboxylic acids is 1. The zero-order valence-electron chi connectivity index (χ0n) is 10.7. The first-order valence-electron chi connectivity index (χ1n) is 6.26. The molecule has 3 nitrogen and oxygen atoms in total. The van der Waals surface area contributed by atoms with Crippen LogP contribution in [0, 0.1) is 6.92 Å². The number of aryl methyl sites for hydroxylation is 1. The summed E-state index contributed by atoms with van der Waals surface area (Å²) in [5.41, 5.74) is 7.54. The molecule has 0 spiro atoms. The fraction of sp³-hybridized carbons (Fsp3) is 0.500. The number of carbonyl (C=O) groups is 1. The van der Waals surface area contributed by atoms with Crippen LogP contribution < -0.4 is 11.1 Å². The summed E-state index contributed by atoms with van der Waals surface area (Å²) >= 11 is 0. The van der Waals surface area contributed by atoms with Gasteiger partial charge in [-0.25, -0.2) is 0 Å². The van der Waals surface area contributed by atoms with Gasteiger partial charge in [-0.15, -0.1) is 0 Å². The summed E-state index contributed by atoms with van der Waals surface area (Å²) in [5, 5.41) is 3.23. The van der Waals surface area contributed by atoms with E-state index in [-0.39, 0.29) is 11.9 Å². The highest BCUT2D eigenvalue weighted by Gasteiger charge is 2.14. The number of nitrogens with two attached hydrogens (primary N) is 1. The molecule has 1 rings (SSSR count). The molecule has 3 N–H and O–H groups in total. The molecule has 0 radical (unpaired) electrons. The van der Waals surface area contributed by atoms with Crippen LogP contribution >= 0.6 is 0 Å². The fourth-order valence-corrected chi connectivity index (χ4v) is 1.81. The van der Waals surface area contributed by atoms with E-state index in [0.717, 1.165) is 36.9 Å². The van der Waals surface area contributed by atoms with Crippen molar-refractivity contribution in [2.24, 2.45) is 5.73 Å². The second-order valence-electron chi connectivity index (χ2n) is 4.41. The number of benzene rings is 1. The number of primary amides is 1. The van der Waals surface area contributed by atoms with E-state index in [0.29, 0.717) is 0 Å². The molecule has 0 aliphatic carbocycles. The number of hydrogen-bond acceptors (Lipinski definition) is 2. The normalized spacial score (nSPS) is 12.1. The van der Waals surface area contributed by atoms with Crippen molar-refractivity contribution in [3.8, 4) is 0 Å². The number of rotatable bonds is 7. The predicted molar refractivity (Wildman–Crippen MR) is 71.9 cm³/mol. The summed E-state index contributed by atoms with van der Waals surface area (Å²) in [6.07, 6.45) is 4.12. The highest BCUT2D eigenvalue weighted by atomic mass is 16.1. The van der Waals surface area contributed by atoms with Gasteiger partial charge in [0.15, 0.2) is 0 Å². The first kappa shape index (κ1) is 13.6. The number of anilines is 1. The van der Waals surface area contributed by atoms with Crippen LogP contribution in [-0.4, -0.2) is 11.9 Å². The molecule has 1 atom stereocenters.